The van der Waals surface area contributed by atoms with Gasteiger partial charge in [-0.3, -0.25) is 0 Å². The van der Waals surface area contributed by atoms with E-state index in [-0.39, 0.29) is 5.95 Å². The van der Waals surface area contributed by atoms with Crippen LogP contribution in [0.25, 0.3) is 0 Å². The van der Waals surface area contributed by atoms with Gasteiger partial charge in [-0.2, -0.15) is 9.97 Å². The van der Waals surface area contributed by atoms with E-state index in [1.807, 2.05) is 18.2 Å². The van der Waals surface area contributed by atoms with Crippen molar-refractivity contribution in [2.24, 2.45) is 5.92 Å². The maximum absolute atomic E-state index is 6.06. The minimum Gasteiger partial charge on any atom is -0.477 e. The van der Waals surface area contributed by atoms with E-state index in [1.165, 1.54) is 43.2 Å². The fourth-order valence-corrected chi connectivity index (χ4v) is 4.05. The topological polar surface area (TPSA) is 64.3 Å². The molecular weight excluding hydrogens is 372 g/mol. The van der Waals surface area contributed by atoms with E-state index in [9.17, 15) is 0 Å². The zero-order chi connectivity index (χ0) is 20.6. The summed E-state index contributed by atoms with van der Waals surface area (Å²) in [5, 5.41) is 0. The quantitative estimate of drug-likeness (QED) is 0.559. The summed E-state index contributed by atoms with van der Waals surface area (Å²) >= 11 is 0. The molecule has 1 heterocycles. The highest BCUT2D eigenvalue weighted by atomic mass is 16.5. The predicted octanol–water partition coefficient (Wildman–Crippen LogP) is 5.22. The van der Waals surface area contributed by atoms with Gasteiger partial charge in [0.2, 0.25) is 11.8 Å². The lowest BCUT2D eigenvalue weighted by atomic mass is 9.90. The molecule has 3 aromatic rings. The van der Waals surface area contributed by atoms with Gasteiger partial charge in [-0.05, 0) is 29.9 Å². The van der Waals surface area contributed by atoms with Crippen LogP contribution in [0.15, 0.2) is 66.7 Å². The number of nitrogens with two attached hydrogens (primary N) is 1. The minimum absolute atomic E-state index is 0.247. The number of nitrogens with zero attached hydrogens (tertiary/aromatic N) is 3. The smallest absolute Gasteiger partial charge is 0.225 e. The molecule has 2 aromatic carbocycles. The Morgan fingerprint density at radius 2 is 1.43 bits per heavy atom. The molecule has 5 heteroatoms. The number of aromatic nitrogens is 2. The lowest BCUT2D eigenvalue weighted by Gasteiger charge is -2.25. The van der Waals surface area contributed by atoms with Crippen molar-refractivity contribution in [3.05, 3.63) is 77.9 Å². The molecule has 2 N–H and O–H groups in total. The molecule has 0 atom stereocenters. The molecule has 4 rings (SSSR count). The Bertz CT molecular complexity index is 869. The number of rotatable bonds is 8. The van der Waals surface area contributed by atoms with Gasteiger partial charge in [0, 0.05) is 19.2 Å². The van der Waals surface area contributed by atoms with E-state index in [2.05, 4.69) is 63.4 Å². The van der Waals surface area contributed by atoms with Gasteiger partial charge in [0.15, 0.2) is 0 Å². The molecule has 0 aliphatic heterocycles. The second-order valence-electron chi connectivity index (χ2n) is 8.06. The van der Waals surface area contributed by atoms with E-state index in [1.54, 1.807) is 0 Å². The summed E-state index contributed by atoms with van der Waals surface area (Å²) in [6, 6.07) is 22.7. The Labute approximate surface area is 178 Å². The lowest BCUT2D eigenvalue weighted by Crippen LogP contribution is -2.24. The average molecular weight is 403 g/mol. The Morgan fingerprint density at radius 3 is 2.03 bits per heavy atom. The van der Waals surface area contributed by atoms with Gasteiger partial charge in [-0.1, -0.05) is 79.9 Å². The van der Waals surface area contributed by atoms with Crippen molar-refractivity contribution in [1.29, 1.82) is 0 Å². The number of anilines is 2. The van der Waals surface area contributed by atoms with Gasteiger partial charge in [-0.15, -0.1) is 0 Å². The number of nitrogen functional groups attached to an aromatic ring is 1. The molecule has 0 saturated heterocycles. The maximum Gasteiger partial charge on any atom is 0.225 e. The molecular formula is C25H30N4O. The van der Waals surface area contributed by atoms with Crippen LogP contribution in [0.5, 0.6) is 5.88 Å². The lowest BCUT2D eigenvalue weighted by molar-refractivity contribution is 0.203. The van der Waals surface area contributed by atoms with Crippen molar-refractivity contribution < 1.29 is 4.74 Å². The Kier molecular flexibility index (Phi) is 6.80. The molecule has 5 nitrogen and oxygen atoms in total. The molecule has 30 heavy (non-hydrogen) atoms. The summed E-state index contributed by atoms with van der Waals surface area (Å²) < 4.78 is 6.06. The van der Waals surface area contributed by atoms with Crippen molar-refractivity contribution >= 4 is 11.8 Å². The van der Waals surface area contributed by atoms with Crippen LogP contribution in [0.4, 0.5) is 11.8 Å². The maximum atomic E-state index is 6.06. The first kappa shape index (κ1) is 20.2. The van der Waals surface area contributed by atoms with Gasteiger partial charge in [0.25, 0.3) is 0 Å². The van der Waals surface area contributed by atoms with E-state index < -0.39 is 0 Å². The normalized spacial score (nSPS) is 14.4. The van der Waals surface area contributed by atoms with Crippen LogP contribution < -0.4 is 15.4 Å². The summed E-state index contributed by atoms with van der Waals surface area (Å²) in [6.07, 6.45) is 6.42. The highest BCUT2D eigenvalue weighted by Crippen LogP contribution is 2.26. The molecule has 1 aliphatic carbocycles. The number of ether oxygens (including phenoxy) is 1. The molecule has 0 radical (unpaired) electrons. The van der Waals surface area contributed by atoms with Crippen molar-refractivity contribution in [3.63, 3.8) is 0 Å². The van der Waals surface area contributed by atoms with Crippen molar-refractivity contribution in [2.75, 3.05) is 17.2 Å². The van der Waals surface area contributed by atoms with E-state index >= 15 is 0 Å². The summed E-state index contributed by atoms with van der Waals surface area (Å²) in [5.74, 6) is 2.21. The largest absolute Gasteiger partial charge is 0.477 e. The minimum atomic E-state index is 0.247. The number of hydrogen-bond acceptors (Lipinski definition) is 5. The third-order valence-corrected chi connectivity index (χ3v) is 5.65. The van der Waals surface area contributed by atoms with Crippen LogP contribution in [0, 0.1) is 5.92 Å². The van der Waals surface area contributed by atoms with Crippen molar-refractivity contribution in [3.8, 4) is 5.88 Å². The highest BCUT2D eigenvalue weighted by molar-refractivity contribution is 5.47. The van der Waals surface area contributed by atoms with Crippen molar-refractivity contribution in [1.82, 2.24) is 9.97 Å². The van der Waals surface area contributed by atoms with Crippen LogP contribution in [0.2, 0.25) is 0 Å². The van der Waals surface area contributed by atoms with Gasteiger partial charge >= 0.3 is 0 Å². The molecule has 0 unspecified atom stereocenters. The average Bonchev–Trinajstić information content (AvgIpc) is 2.79. The molecule has 0 spiro atoms. The second kappa shape index (κ2) is 10.1. The molecule has 156 valence electrons. The van der Waals surface area contributed by atoms with Gasteiger partial charge < -0.3 is 15.4 Å². The van der Waals surface area contributed by atoms with Crippen LogP contribution in [-0.4, -0.2) is 16.6 Å². The molecule has 1 aromatic heterocycles. The first-order valence-electron chi connectivity index (χ1n) is 10.9. The third-order valence-electron chi connectivity index (χ3n) is 5.65. The first-order valence-corrected chi connectivity index (χ1v) is 10.9. The van der Waals surface area contributed by atoms with E-state index in [0.717, 1.165) is 18.9 Å². The summed E-state index contributed by atoms with van der Waals surface area (Å²) in [6.45, 7) is 2.16. The summed E-state index contributed by atoms with van der Waals surface area (Å²) in [7, 11) is 0. The fourth-order valence-electron chi connectivity index (χ4n) is 4.05. The highest BCUT2D eigenvalue weighted by Gasteiger charge is 2.17. The van der Waals surface area contributed by atoms with Crippen LogP contribution >= 0.6 is 0 Å². The van der Waals surface area contributed by atoms with Gasteiger partial charge in [0.05, 0.1) is 6.61 Å². The Morgan fingerprint density at radius 1 is 0.833 bits per heavy atom. The fraction of sp³-hybridized carbons (Fsp3) is 0.360. The van der Waals surface area contributed by atoms with Crippen LogP contribution in [0.3, 0.4) is 0 Å². The first-order chi connectivity index (χ1) is 14.8. The van der Waals surface area contributed by atoms with Crippen LogP contribution in [0.1, 0.15) is 43.2 Å². The molecule has 1 fully saturated rings. The van der Waals surface area contributed by atoms with Gasteiger partial charge in [-0.25, -0.2) is 0 Å². The third kappa shape index (κ3) is 5.72. The van der Waals surface area contributed by atoms with E-state index in [4.69, 9.17) is 10.5 Å². The summed E-state index contributed by atoms with van der Waals surface area (Å²) in [5.41, 5.74) is 8.50. The number of hydrogen-bond donors (Lipinski definition) is 1. The molecule has 0 amide bonds. The Hall–Kier alpha value is -3.08. The Balaban J connectivity index is 1.54. The monoisotopic (exact) mass is 402 g/mol. The predicted molar refractivity (Wildman–Crippen MR) is 121 cm³/mol. The molecule has 0 bridgehead atoms. The van der Waals surface area contributed by atoms with Crippen LogP contribution in [-0.2, 0) is 13.1 Å². The zero-order valence-electron chi connectivity index (χ0n) is 17.4. The van der Waals surface area contributed by atoms with E-state index in [0.29, 0.717) is 18.4 Å². The SMILES string of the molecule is Nc1nc(OCC2CCCCC2)cc(N(Cc2ccccc2)Cc2ccccc2)n1. The molecule has 1 saturated carbocycles. The second-order valence-corrected chi connectivity index (χ2v) is 8.06. The zero-order valence-corrected chi connectivity index (χ0v) is 17.4. The van der Waals surface area contributed by atoms with Crippen molar-refractivity contribution in [2.45, 2.75) is 45.2 Å². The summed E-state index contributed by atoms with van der Waals surface area (Å²) in [4.78, 5) is 11.1. The van der Waals surface area contributed by atoms with Gasteiger partial charge in [0.1, 0.15) is 5.82 Å². The molecule has 1 aliphatic rings. The number of benzene rings is 2. The standard InChI is InChI=1S/C25H30N4O/c26-25-27-23(16-24(28-25)30-19-22-14-8-3-9-15-22)29(17-20-10-4-1-5-11-20)18-21-12-6-2-7-13-21/h1-2,4-7,10-13,16,22H,3,8-9,14-15,17-19H2,(H2,26,27,28).